The highest BCUT2D eigenvalue weighted by Gasteiger charge is 2.28. The number of benzene rings is 2. The number of aromatic nitrogens is 1. The Morgan fingerprint density at radius 1 is 0.970 bits per heavy atom. The molecule has 2 aromatic carbocycles. The maximum Gasteiger partial charge on any atom is 0.336 e. The Kier molecular flexibility index (Phi) is 6.38. The second-order valence-corrected chi connectivity index (χ2v) is 9.25. The molecule has 0 aliphatic carbocycles. The lowest BCUT2D eigenvalue weighted by Gasteiger charge is -2.40. The van der Waals surface area contributed by atoms with Crippen LogP contribution in [0.25, 0.3) is 22.2 Å². The summed E-state index contributed by atoms with van der Waals surface area (Å²) in [4.78, 5) is 22.3. The van der Waals surface area contributed by atoms with Crippen molar-refractivity contribution in [1.82, 2.24) is 14.8 Å². The number of likely N-dealkylation sites (tertiary alicyclic amines) is 2. The van der Waals surface area contributed by atoms with Crippen molar-refractivity contribution in [3.05, 3.63) is 65.5 Å². The molecule has 5 nitrogen and oxygen atoms in total. The normalized spacial score (nSPS) is 18.6. The summed E-state index contributed by atoms with van der Waals surface area (Å²) in [5, 5.41) is 10.9. The lowest BCUT2D eigenvalue weighted by atomic mass is 9.94. The Balaban J connectivity index is 1.48. The largest absolute Gasteiger partial charge is 0.478 e. The van der Waals surface area contributed by atoms with Gasteiger partial charge in [0.25, 0.3) is 0 Å². The number of carbonyl (C=O) groups is 1. The number of para-hydroxylation sites is 1. The van der Waals surface area contributed by atoms with E-state index in [4.69, 9.17) is 4.98 Å². The SMILES string of the molecule is O=C(O)c1c(CN2CCC(N3CCCCC3)CC2)c(-c2ccc(F)cc2)nc2ccccc12. The van der Waals surface area contributed by atoms with Crippen LogP contribution in [0, 0.1) is 5.82 Å². The number of hydrogen-bond donors (Lipinski definition) is 1. The third-order valence-electron chi connectivity index (χ3n) is 7.17. The van der Waals surface area contributed by atoms with Crippen molar-refractivity contribution in [2.75, 3.05) is 26.2 Å². The number of carboxylic acids is 1. The lowest BCUT2D eigenvalue weighted by molar-refractivity contribution is 0.0692. The zero-order valence-corrected chi connectivity index (χ0v) is 18.8. The molecule has 0 saturated carbocycles. The Bertz CT molecular complexity index is 1130. The molecule has 33 heavy (non-hydrogen) atoms. The van der Waals surface area contributed by atoms with Crippen LogP contribution >= 0.6 is 0 Å². The quantitative estimate of drug-likeness (QED) is 0.583. The maximum absolute atomic E-state index is 13.6. The second kappa shape index (κ2) is 9.57. The van der Waals surface area contributed by atoms with Gasteiger partial charge in [-0.15, -0.1) is 0 Å². The van der Waals surface area contributed by atoms with E-state index in [0.29, 0.717) is 40.3 Å². The minimum Gasteiger partial charge on any atom is -0.478 e. The molecule has 3 aromatic rings. The molecule has 6 heteroatoms. The van der Waals surface area contributed by atoms with Crippen molar-refractivity contribution in [2.24, 2.45) is 0 Å². The number of rotatable bonds is 5. The molecular formula is C27H30FN3O2. The molecule has 1 aromatic heterocycles. The smallest absolute Gasteiger partial charge is 0.336 e. The van der Waals surface area contributed by atoms with Gasteiger partial charge in [-0.25, -0.2) is 14.2 Å². The maximum atomic E-state index is 13.6. The monoisotopic (exact) mass is 447 g/mol. The average Bonchev–Trinajstić information content (AvgIpc) is 2.85. The molecule has 0 amide bonds. The zero-order valence-electron chi connectivity index (χ0n) is 18.8. The molecule has 2 aliphatic rings. The molecule has 2 fully saturated rings. The Hall–Kier alpha value is -2.83. The van der Waals surface area contributed by atoms with Crippen LogP contribution in [0.2, 0.25) is 0 Å². The van der Waals surface area contributed by atoms with Crippen LogP contribution in [-0.4, -0.2) is 58.1 Å². The lowest BCUT2D eigenvalue weighted by Crippen LogP contribution is -2.46. The number of piperidine rings is 2. The first-order valence-electron chi connectivity index (χ1n) is 12.0. The van der Waals surface area contributed by atoms with Crippen molar-refractivity contribution in [3.63, 3.8) is 0 Å². The summed E-state index contributed by atoms with van der Waals surface area (Å²) in [5.74, 6) is -1.27. The summed E-state index contributed by atoms with van der Waals surface area (Å²) in [5.41, 5.74) is 3.02. The van der Waals surface area contributed by atoms with Gasteiger partial charge in [-0.3, -0.25) is 4.90 Å². The van der Waals surface area contributed by atoms with Gasteiger partial charge in [0.2, 0.25) is 0 Å². The highest BCUT2D eigenvalue weighted by Crippen LogP contribution is 2.32. The molecule has 0 unspecified atom stereocenters. The summed E-state index contributed by atoms with van der Waals surface area (Å²) in [7, 11) is 0. The van der Waals surface area contributed by atoms with E-state index in [1.165, 1.54) is 44.5 Å². The van der Waals surface area contributed by atoms with E-state index in [-0.39, 0.29) is 5.82 Å². The first kappa shape index (κ1) is 22.0. The summed E-state index contributed by atoms with van der Waals surface area (Å²) in [6, 6.07) is 14.2. The minimum absolute atomic E-state index is 0.304. The second-order valence-electron chi connectivity index (χ2n) is 9.25. The van der Waals surface area contributed by atoms with E-state index in [1.54, 1.807) is 12.1 Å². The van der Waals surface area contributed by atoms with Gasteiger partial charge in [-0.1, -0.05) is 24.6 Å². The predicted octanol–water partition coefficient (Wildman–Crippen LogP) is 5.19. The van der Waals surface area contributed by atoms with Crippen LogP contribution in [0.5, 0.6) is 0 Å². The molecule has 0 spiro atoms. The standard InChI is InChI=1S/C27H30FN3O2/c28-20-10-8-19(9-11-20)26-23(25(27(32)33)22-6-2-3-7-24(22)29-26)18-30-16-12-21(13-17-30)31-14-4-1-5-15-31/h2-3,6-11,21H,1,4-5,12-18H2,(H,32,33). The molecule has 2 aliphatic heterocycles. The summed E-state index contributed by atoms with van der Waals surface area (Å²) in [6.45, 7) is 4.82. The zero-order chi connectivity index (χ0) is 22.8. The van der Waals surface area contributed by atoms with Crippen LogP contribution in [0.15, 0.2) is 48.5 Å². The van der Waals surface area contributed by atoms with Gasteiger partial charge in [0, 0.05) is 29.1 Å². The van der Waals surface area contributed by atoms with Gasteiger partial charge in [0.1, 0.15) is 5.82 Å². The number of carboxylic acid groups (broad SMARTS) is 1. The number of pyridine rings is 1. The minimum atomic E-state index is -0.949. The van der Waals surface area contributed by atoms with Gasteiger partial charge < -0.3 is 10.0 Å². The fraction of sp³-hybridized carbons (Fsp3) is 0.407. The van der Waals surface area contributed by atoms with Crippen molar-refractivity contribution in [2.45, 2.75) is 44.7 Å². The van der Waals surface area contributed by atoms with Crippen molar-refractivity contribution < 1.29 is 14.3 Å². The summed E-state index contributed by atoms with van der Waals surface area (Å²) >= 11 is 0. The number of halogens is 1. The molecule has 0 radical (unpaired) electrons. The Morgan fingerprint density at radius 3 is 2.36 bits per heavy atom. The average molecular weight is 448 g/mol. The van der Waals surface area contributed by atoms with Crippen LogP contribution in [-0.2, 0) is 6.54 Å². The van der Waals surface area contributed by atoms with Crippen molar-refractivity contribution in [1.29, 1.82) is 0 Å². The molecule has 1 N–H and O–H groups in total. The molecule has 3 heterocycles. The van der Waals surface area contributed by atoms with Gasteiger partial charge >= 0.3 is 5.97 Å². The summed E-state index contributed by atoms with van der Waals surface area (Å²) in [6.07, 6.45) is 6.15. The van der Waals surface area contributed by atoms with Gasteiger partial charge in [-0.05, 0) is 82.2 Å². The Labute approximate surface area is 193 Å². The van der Waals surface area contributed by atoms with Crippen molar-refractivity contribution in [3.8, 4) is 11.3 Å². The summed E-state index contributed by atoms with van der Waals surface area (Å²) < 4.78 is 13.6. The van der Waals surface area contributed by atoms with E-state index in [9.17, 15) is 14.3 Å². The molecule has 0 bridgehead atoms. The van der Waals surface area contributed by atoms with E-state index in [0.717, 1.165) is 31.5 Å². The first-order valence-corrected chi connectivity index (χ1v) is 12.0. The Morgan fingerprint density at radius 2 is 1.67 bits per heavy atom. The first-order chi connectivity index (χ1) is 16.1. The van der Waals surface area contributed by atoms with Gasteiger partial charge in [0.15, 0.2) is 0 Å². The highest BCUT2D eigenvalue weighted by atomic mass is 19.1. The number of fused-ring (bicyclic) bond motifs is 1. The van der Waals surface area contributed by atoms with E-state index < -0.39 is 5.97 Å². The topological polar surface area (TPSA) is 56.7 Å². The van der Waals surface area contributed by atoms with E-state index in [1.807, 2.05) is 24.3 Å². The number of hydrogen-bond acceptors (Lipinski definition) is 4. The van der Waals surface area contributed by atoms with Gasteiger partial charge in [0.05, 0.1) is 16.8 Å². The van der Waals surface area contributed by atoms with Crippen LogP contribution in [0.3, 0.4) is 0 Å². The van der Waals surface area contributed by atoms with Crippen LogP contribution in [0.4, 0.5) is 4.39 Å². The number of aromatic carboxylic acids is 1. The van der Waals surface area contributed by atoms with Gasteiger partial charge in [-0.2, -0.15) is 0 Å². The predicted molar refractivity (Wildman–Crippen MR) is 128 cm³/mol. The van der Waals surface area contributed by atoms with E-state index >= 15 is 0 Å². The molecule has 172 valence electrons. The highest BCUT2D eigenvalue weighted by molar-refractivity contribution is 6.05. The fourth-order valence-corrected chi connectivity index (χ4v) is 5.45. The van der Waals surface area contributed by atoms with Crippen LogP contribution < -0.4 is 0 Å². The third-order valence-corrected chi connectivity index (χ3v) is 7.17. The van der Waals surface area contributed by atoms with E-state index in [2.05, 4.69) is 9.80 Å². The third kappa shape index (κ3) is 4.63. The van der Waals surface area contributed by atoms with Crippen LogP contribution in [0.1, 0.15) is 48.0 Å². The molecule has 0 atom stereocenters. The van der Waals surface area contributed by atoms with Crippen molar-refractivity contribution >= 4 is 16.9 Å². The molecule has 2 saturated heterocycles. The number of nitrogens with zero attached hydrogens (tertiary/aromatic N) is 3. The molecule has 5 rings (SSSR count). The molecular weight excluding hydrogens is 417 g/mol. The fourth-order valence-electron chi connectivity index (χ4n) is 5.45.